The Hall–Kier alpha value is -1.28. The van der Waals surface area contributed by atoms with E-state index in [1.165, 1.54) is 23.5 Å². The fraction of sp³-hybridized carbons (Fsp3) is 0.400. The van der Waals surface area contributed by atoms with Gasteiger partial charge in [0.1, 0.15) is 0 Å². The number of nitrogens with one attached hydrogen (secondary N) is 1. The summed E-state index contributed by atoms with van der Waals surface area (Å²) in [4.78, 5) is 24.2. The van der Waals surface area contributed by atoms with Gasteiger partial charge in [0, 0.05) is 0 Å². The van der Waals surface area contributed by atoms with Gasteiger partial charge in [-0.3, -0.25) is 14.5 Å². The normalized spacial score (nSPS) is 25.9. The Balaban J connectivity index is 2.14. The first-order chi connectivity index (χ1) is 8.61. The first-order valence-electron chi connectivity index (χ1n) is 5.27. The molecule has 0 aromatic rings. The molecule has 0 radical (unpaired) electrons. The van der Waals surface area contributed by atoms with Crippen LogP contribution in [0.4, 0.5) is 0 Å². The molecule has 2 fully saturated rings. The van der Waals surface area contributed by atoms with Gasteiger partial charge in [0.05, 0.1) is 17.5 Å². The van der Waals surface area contributed by atoms with E-state index in [1.807, 2.05) is 6.92 Å². The minimum Gasteiger partial charge on any atom is -0.303 e. The van der Waals surface area contributed by atoms with Crippen LogP contribution in [0.25, 0.3) is 0 Å². The highest BCUT2D eigenvalue weighted by Crippen LogP contribution is 2.22. The lowest BCUT2D eigenvalue weighted by Gasteiger charge is -2.19. The second-order valence-corrected chi connectivity index (χ2v) is 5.56. The molecular formula is C10H12N4O2S2. The molecule has 0 saturated carbocycles. The predicted molar refractivity (Wildman–Crippen MR) is 74.4 cm³/mol. The molecule has 8 heteroatoms. The largest absolute Gasteiger partial charge is 0.303 e. The summed E-state index contributed by atoms with van der Waals surface area (Å²) in [5, 5.41) is 11.6. The van der Waals surface area contributed by atoms with E-state index in [9.17, 15) is 9.59 Å². The van der Waals surface area contributed by atoms with Gasteiger partial charge in [0.25, 0.3) is 0 Å². The molecule has 0 spiro atoms. The SMILES string of the molecule is C=CC(C)N1C(=O)CSC1=NN=C1NC(=O)CS1. The number of hydrogen-bond donors (Lipinski definition) is 1. The molecule has 0 bridgehead atoms. The van der Waals surface area contributed by atoms with Crippen molar-refractivity contribution in [1.82, 2.24) is 10.2 Å². The van der Waals surface area contributed by atoms with E-state index in [-0.39, 0.29) is 17.9 Å². The van der Waals surface area contributed by atoms with Gasteiger partial charge < -0.3 is 5.32 Å². The molecule has 2 saturated heterocycles. The summed E-state index contributed by atoms with van der Waals surface area (Å²) in [5.74, 6) is 0.643. The molecule has 2 aliphatic heterocycles. The van der Waals surface area contributed by atoms with Crippen molar-refractivity contribution >= 4 is 45.7 Å². The van der Waals surface area contributed by atoms with Gasteiger partial charge in [-0.05, 0) is 6.92 Å². The van der Waals surface area contributed by atoms with Crippen LogP contribution in [-0.2, 0) is 9.59 Å². The van der Waals surface area contributed by atoms with Gasteiger partial charge in [-0.25, -0.2) is 0 Å². The van der Waals surface area contributed by atoms with Crippen molar-refractivity contribution in [2.24, 2.45) is 10.2 Å². The number of amidine groups is 2. The molecule has 1 unspecified atom stereocenters. The lowest BCUT2D eigenvalue weighted by molar-refractivity contribution is -0.124. The average molecular weight is 284 g/mol. The first-order valence-corrected chi connectivity index (χ1v) is 7.24. The summed E-state index contributed by atoms with van der Waals surface area (Å²) in [6, 6.07) is -0.114. The second kappa shape index (κ2) is 5.57. The van der Waals surface area contributed by atoms with E-state index in [4.69, 9.17) is 0 Å². The molecule has 1 N–H and O–H groups in total. The summed E-state index contributed by atoms with van der Waals surface area (Å²) < 4.78 is 0. The molecule has 0 aliphatic carbocycles. The van der Waals surface area contributed by atoms with Crippen molar-refractivity contribution < 1.29 is 9.59 Å². The third-order valence-electron chi connectivity index (χ3n) is 2.36. The number of amides is 2. The zero-order chi connectivity index (χ0) is 13.1. The number of hydrogen-bond acceptors (Lipinski definition) is 6. The van der Waals surface area contributed by atoms with E-state index in [0.29, 0.717) is 21.8 Å². The summed E-state index contributed by atoms with van der Waals surface area (Å²) in [7, 11) is 0. The molecule has 1 atom stereocenters. The molecule has 2 rings (SSSR count). The minimum absolute atomic E-state index is 0.00513. The molecule has 0 aromatic carbocycles. The fourth-order valence-electron chi connectivity index (χ4n) is 1.42. The molecule has 2 aliphatic rings. The Morgan fingerprint density at radius 2 is 2.17 bits per heavy atom. The Bertz CT molecular complexity index is 461. The molecular weight excluding hydrogens is 272 g/mol. The maximum Gasteiger partial charge on any atom is 0.239 e. The van der Waals surface area contributed by atoms with Gasteiger partial charge >= 0.3 is 0 Å². The lowest BCUT2D eigenvalue weighted by Crippen LogP contribution is -2.36. The van der Waals surface area contributed by atoms with Crippen molar-refractivity contribution in [3.05, 3.63) is 12.7 Å². The molecule has 2 amide bonds. The molecule has 0 aromatic heterocycles. The van der Waals surface area contributed by atoms with E-state index >= 15 is 0 Å². The highest BCUT2D eigenvalue weighted by Gasteiger charge is 2.31. The zero-order valence-electron chi connectivity index (χ0n) is 9.75. The van der Waals surface area contributed by atoms with Crippen LogP contribution in [0.2, 0.25) is 0 Å². The maximum atomic E-state index is 11.7. The van der Waals surface area contributed by atoms with Crippen LogP contribution < -0.4 is 5.32 Å². The van der Waals surface area contributed by atoms with Crippen LogP contribution in [-0.4, -0.2) is 44.6 Å². The standard InChI is InChI=1S/C10H12N4O2S2/c1-3-6(2)14-8(16)5-18-10(14)13-12-9-11-7(15)4-17-9/h3,6H,1,4-5H2,2H3,(H,11,12,15). The van der Waals surface area contributed by atoms with Crippen LogP contribution in [0, 0.1) is 0 Å². The van der Waals surface area contributed by atoms with E-state index < -0.39 is 0 Å². The summed E-state index contributed by atoms with van der Waals surface area (Å²) in [6.45, 7) is 5.53. The summed E-state index contributed by atoms with van der Waals surface area (Å²) in [6.07, 6.45) is 1.68. The zero-order valence-corrected chi connectivity index (χ0v) is 11.4. The van der Waals surface area contributed by atoms with Gasteiger partial charge in [0.15, 0.2) is 10.3 Å². The van der Waals surface area contributed by atoms with E-state index in [0.717, 1.165) is 0 Å². The van der Waals surface area contributed by atoms with Crippen LogP contribution in [0.3, 0.4) is 0 Å². The van der Waals surface area contributed by atoms with Gasteiger partial charge in [-0.15, -0.1) is 16.8 Å². The highest BCUT2D eigenvalue weighted by atomic mass is 32.2. The monoisotopic (exact) mass is 284 g/mol. The van der Waals surface area contributed by atoms with Crippen LogP contribution in [0.5, 0.6) is 0 Å². The lowest BCUT2D eigenvalue weighted by atomic mass is 10.3. The Kier molecular flexibility index (Phi) is 4.07. The summed E-state index contributed by atoms with van der Waals surface area (Å²) in [5.41, 5.74) is 0. The molecule has 6 nitrogen and oxygen atoms in total. The Labute approximate surface area is 113 Å². The van der Waals surface area contributed by atoms with Gasteiger partial charge in [-0.1, -0.05) is 29.6 Å². The summed E-state index contributed by atoms with van der Waals surface area (Å²) >= 11 is 2.64. The van der Waals surface area contributed by atoms with Gasteiger partial charge in [0.2, 0.25) is 11.8 Å². The van der Waals surface area contributed by atoms with Crippen molar-refractivity contribution in [3.8, 4) is 0 Å². The highest BCUT2D eigenvalue weighted by molar-refractivity contribution is 8.15. The Morgan fingerprint density at radius 3 is 2.78 bits per heavy atom. The van der Waals surface area contributed by atoms with Crippen molar-refractivity contribution in [2.75, 3.05) is 11.5 Å². The molecule has 18 heavy (non-hydrogen) atoms. The quantitative estimate of drug-likeness (QED) is 0.609. The number of rotatable bonds is 3. The third-order valence-corrected chi connectivity index (χ3v) is 4.15. The minimum atomic E-state index is -0.114. The van der Waals surface area contributed by atoms with Crippen LogP contribution in [0.15, 0.2) is 22.9 Å². The first kappa shape index (κ1) is 13.2. The smallest absolute Gasteiger partial charge is 0.239 e. The number of nitrogens with zero attached hydrogens (tertiary/aromatic N) is 3. The second-order valence-electron chi connectivity index (χ2n) is 3.65. The average Bonchev–Trinajstić information content (AvgIpc) is 2.92. The maximum absolute atomic E-state index is 11.7. The molecule has 96 valence electrons. The number of carbonyl (C=O) groups excluding carboxylic acids is 2. The topological polar surface area (TPSA) is 74.1 Å². The van der Waals surface area contributed by atoms with Crippen molar-refractivity contribution in [2.45, 2.75) is 13.0 Å². The molecule has 2 heterocycles. The van der Waals surface area contributed by atoms with Crippen molar-refractivity contribution in [1.29, 1.82) is 0 Å². The van der Waals surface area contributed by atoms with E-state index in [1.54, 1.807) is 11.0 Å². The number of thioether (sulfide) groups is 2. The number of carbonyl (C=O) groups is 2. The van der Waals surface area contributed by atoms with E-state index in [2.05, 4.69) is 22.1 Å². The predicted octanol–water partition coefficient (Wildman–Crippen LogP) is 0.626. The van der Waals surface area contributed by atoms with Crippen LogP contribution >= 0.6 is 23.5 Å². The van der Waals surface area contributed by atoms with Crippen molar-refractivity contribution in [3.63, 3.8) is 0 Å². The van der Waals surface area contributed by atoms with Crippen LogP contribution in [0.1, 0.15) is 6.92 Å². The third kappa shape index (κ3) is 2.75. The fourth-order valence-corrected chi connectivity index (χ4v) is 2.95. The van der Waals surface area contributed by atoms with Gasteiger partial charge in [-0.2, -0.15) is 0 Å². The Morgan fingerprint density at radius 1 is 1.39 bits per heavy atom.